The fourth-order valence-corrected chi connectivity index (χ4v) is 5.20. The molecule has 27 heavy (non-hydrogen) atoms. The maximum absolute atomic E-state index is 12.4. The fraction of sp³-hybridized carbons (Fsp3) is 0.706. The Balaban J connectivity index is 1.33. The number of morpholine rings is 1. The summed E-state index contributed by atoms with van der Waals surface area (Å²) < 4.78 is 34.2. The molecule has 3 fully saturated rings. The van der Waals surface area contributed by atoms with Crippen LogP contribution in [0, 0.1) is 6.92 Å². The van der Waals surface area contributed by atoms with Gasteiger partial charge in [0.05, 0.1) is 42.1 Å². The van der Waals surface area contributed by atoms with Gasteiger partial charge in [-0.15, -0.1) is 0 Å². The Morgan fingerprint density at radius 3 is 2.96 bits per heavy atom. The van der Waals surface area contributed by atoms with Gasteiger partial charge in [0, 0.05) is 38.4 Å². The third kappa shape index (κ3) is 4.29. The maximum atomic E-state index is 12.4. The third-order valence-electron chi connectivity index (χ3n) is 5.17. The van der Waals surface area contributed by atoms with Crippen molar-refractivity contribution in [3.8, 4) is 0 Å². The molecule has 148 valence electrons. The third-order valence-corrected chi connectivity index (χ3v) is 6.99. The van der Waals surface area contributed by atoms with Crippen molar-refractivity contribution in [3.05, 3.63) is 23.8 Å². The summed E-state index contributed by atoms with van der Waals surface area (Å²) in [6, 6.07) is -0.300. The van der Waals surface area contributed by atoms with Crippen molar-refractivity contribution in [3.63, 3.8) is 0 Å². The van der Waals surface area contributed by atoms with Gasteiger partial charge >= 0.3 is 0 Å². The fourth-order valence-electron chi connectivity index (χ4n) is 3.91. The predicted molar refractivity (Wildman–Crippen MR) is 95.7 cm³/mol. The number of carbonyl (C=O) groups is 1. The summed E-state index contributed by atoms with van der Waals surface area (Å²) in [6.45, 7) is 4.95. The lowest BCUT2D eigenvalue weighted by atomic mass is 9.97. The average Bonchev–Trinajstić information content (AvgIpc) is 2.97. The Morgan fingerprint density at radius 1 is 1.41 bits per heavy atom. The first kappa shape index (κ1) is 18.7. The van der Waals surface area contributed by atoms with Crippen LogP contribution in [0.4, 0.5) is 0 Å². The van der Waals surface area contributed by atoms with Gasteiger partial charge in [-0.3, -0.25) is 19.7 Å². The van der Waals surface area contributed by atoms with Crippen LogP contribution in [0.1, 0.15) is 17.8 Å². The van der Waals surface area contributed by atoms with E-state index in [2.05, 4.69) is 20.2 Å². The minimum Gasteiger partial charge on any atom is -0.370 e. The molecule has 0 unspecified atom stereocenters. The van der Waals surface area contributed by atoms with Crippen molar-refractivity contribution in [2.24, 2.45) is 0 Å². The molecule has 4 rings (SSSR count). The Labute approximate surface area is 158 Å². The summed E-state index contributed by atoms with van der Waals surface area (Å²) in [5, 5.41) is 2.76. The van der Waals surface area contributed by atoms with Gasteiger partial charge < -0.3 is 14.8 Å². The van der Waals surface area contributed by atoms with Gasteiger partial charge in [-0.2, -0.15) is 0 Å². The molecule has 1 aromatic heterocycles. The Bertz CT molecular complexity index is 820. The lowest BCUT2D eigenvalue weighted by molar-refractivity contribution is -0.130. The molecular weight excluding hydrogens is 372 g/mol. The first-order chi connectivity index (χ1) is 12.8. The summed E-state index contributed by atoms with van der Waals surface area (Å²) in [7, 11) is -2.96. The van der Waals surface area contributed by atoms with Crippen LogP contribution in [0.2, 0.25) is 0 Å². The molecule has 1 aromatic rings. The highest BCUT2D eigenvalue weighted by atomic mass is 32.2. The summed E-state index contributed by atoms with van der Waals surface area (Å²) in [4.78, 5) is 23.3. The molecular formula is C17H24N4O5S. The van der Waals surface area contributed by atoms with Gasteiger partial charge in [-0.1, -0.05) is 0 Å². The summed E-state index contributed by atoms with van der Waals surface area (Å²) in [6.07, 6.45) is 3.36. The van der Waals surface area contributed by atoms with Gasteiger partial charge in [0.2, 0.25) is 5.91 Å². The van der Waals surface area contributed by atoms with Crippen molar-refractivity contribution in [1.29, 1.82) is 0 Å². The number of amides is 1. The Kier molecular flexibility index (Phi) is 4.91. The smallest absolute Gasteiger partial charge is 0.249 e. The van der Waals surface area contributed by atoms with E-state index in [-0.39, 0.29) is 23.5 Å². The SMILES string of the molecule is Cc1cncc(CN2CCO[C@@]3(CO[C@H](C(=O)NC4CS(=O)(=O)C4)C3)C2)n1. The minimum absolute atomic E-state index is 0.0123. The van der Waals surface area contributed by atoms with Crippen molar-refractivity contribution in [2.75, 3.05) is 37.8 Å². The van der Waals surface area contributed by atoms with E-state index >= 15 is 0 Å². The van der Waals surface area contributed by atoms with Crippen LogP contribution >= 0.6 is 0 Å². The summed E-state index contributed by atoms with van der Waals surface area (Å²) in [5.41, 5.74) is 1.28. The van der Waals surface area contributed by atoms with Gasteiger partial charge in [-0.25, -0.2) is 8.42 Å². The standard InChI is InChI=1S/C17H24N4O5S/c1-12-5-18-6-13(19-12)7-21-2-3-26-17(10-21)4-15(25-11-17)16(22)20-14-8-27(23,24)9-14/h5-6,14-15H,2-4,7-11H2,1H3,(H,20,22)/t15-,17+/m0/s1. The number of nitrogens with one attached hydrogen (secondary N) is 1. The second kappa shape index (κ2) is 7.08. The zero-order valence-corrected chi connectivity index (χ0v) is 16.1. The van der Waals surface area contributed by atoms with Crippen LogP contribution < -0.4 is 5.32 Å². The lowest BCUT2D eigenvalue weighted by Crippen LogP contribution is -2.55. The molecule has 3 saturated heterocycles. The summed E-state index contributed by atoms with van der Waals surface area (Å²) in [5.74, 6) is -0.228. The number of carbonyl (C=O) groups excluding carboxylic acids is 1. The van der Waals surface area contributed by atoms with Crippen molar-refractivity contribution in [1.82, 2.24) is 20.2 Å². The van der Waals surface area contributed by atoms with E-state index in [1.807, 2.05) is 6.92 Å². The maximum Gasteiger partial charge on any atom is 0.249 e. The van der Waals surface area contributed by atoms with E-state index in [9.17, 15) is 13.2 Å². The molecule has 1 N–H and O–H groups in total. The van der Waals surface area contributed by atoms with Crippen molar-refractivity contribution >= 4 is 15.7 Å². The van der Waals surface area contributed by atoms with Gasteiger partial charge in [0.25, 0.3) is 0 Å². The van der Waals surface area contributed by atoms with Crippen LogP contribution in [0.15, 0.2) is 12.4 Å². The number of ether oxygens (including phenoxy) is 2. The minimum atomic E-state index is -2.96. The quantitative estimate of drug-likeness (QED) is 0.694. The zero-order valence-electron chi connectivity index (χ0n) is 15.3. The number of aryl methyl sites for hydroxylation is 1. The van der Waals surface area contributed by atoms with Crippen molar-refractivity contribution < 1.29 is 22.7 Å². The van der Waals surface area contributed by atoms with E-state index in [4.69, 9.17) is 9.47 Å². The average molecular weight is 396 g/mol. The molecule has 2 atom stereocenters. The van der Waals surface area contributed by atoms with Crippen LogP contribution in [-0.2, 0) is 30.7 Å². The van der Waals surface area contributed by atoms with E-state index in [0.717, 1.165) is 17.9 Å². The van der Waals surface area contributed by atoms with E-state index < -0.39 is 21.5 Å². The van der Waals surface area contributed by atoms with E-state index in [1.54, 1.807) is 12.4 Å². The molecule has 10 heteroatoms. The molecule has 9 nitrogen and oxygen atoms in total. The number of rotatable bonds is 4. The molecule has 3 aliphatic heterocycles. The van der Waals surface area contributed by atoms with Crippen LogP contribution in [0.5, 0.6) is 0 Å². The number of hydrogen-bond acceptors (Lipinski definition) is 8. The molecule has 4 heterocycles. The first-order valence-corrected chi connectivity index (χ1v) is 10.9. The number of aromatic nitrogens is 2. The molecule has 1 spiro atoms. The predicted octanol–water partition coefficient (Wildman–Crippen LogP) is -0.942. The summed E-state index contributed by atoms with van der Waals surface area (Å²) >= 11 is 0. The topological polar surface area (TPSA) is 111 Å². The molecule has 1 amide bonds. The normalized spacial score (nSPS) is 30.9. The highest BCUT2D eigenvalue weighted by Gasteiger charge is 2.47. The lowest BCUT2D eigenvalue weighted by Gasteiger charge is -2.39. The highest BCUT2D eigenvalue weighted by Crippen LogP contribution is 2.32. The van der Waals surface area contributed by atoms with Crippen molar-refractivity contribution in [2.45, 2.75) is 37.6 Å². The molecule has 0 radical (unpaired) electrons. The largest absolute Gasteiger partial charge is 0.370 e. The zero-order chi connectivity index (χ0) is 19.1. The van der Waals surface area contributed by atoms with Crippen LogP contribution in [0.3, 0.4) is 0 Å². The van der Waals surface area contributed by atoms with Crippen LogP contribution in [-0.4, -0.2) is 84.7 Å². The second-order valence-electron chi connectivity index (χ2n) is 7.68. The van der Waals surface area contributed by atoms with Gasteiger partial charge in [-0.05, 0) is 6.92 Å². The van der Waals surface area contributed by atoms with Crippen LogP contribution in [0.25, 0.3) is 0 Å². The number of hydrogen-bond donors (Lipinski definition) is 1. The molecule has 0 saturated carbocycles. The van der Waals surface area contributed by atoms with Gasteiger partial charge in [0.1, 0.15) is 11.7 Å². The molecule has 0 bridgehead atoms. The number of sulfone groups is 1. The first-order valence-electron chi connectivity index (χ1n) is 9.09. The molecule has 0 aliphatic carbocycles. The Morgan fingerprint density at radius 2 is 2.22 bits per heavy atom. The second-order valence-corrected chi connectivity index (χ2v) is 9.83. The van der Waals surface area contributed by atoms with E-state index in [0.29, 0.717) is 32.7 Å². The Hall–Kier alpha value is -1.62. The van der Waals surface area contributed by atoms with Gasteiger partial charge in [0.15, 0.2) is 9.84 Å². The number of nitrogens with zero attached hydrogens (tertiary/aromatic N) is 3. The monoisotopic (exact) mass is 396 g/mol. The molecule has 3 aliphatic rings. The molecule has 0 aromatic carbocycles. The highest BCUT2D eigenvalue weighted by molar-refractivity contribution is 7.92. The van der Waals surface area contributed by atoms with E-state index in [1.165, 1.54) is 0 Å².